The molecule has 7 aromatic rings. The van der Waals surface area contributed by atoms with E-state index < -0.39 is 0 Å². The van der Waals surface area contributed by atoms with Crippen LogP contribution in [0.2, 0.25) is 0 Å². The lowest BCUT2D eigenvalue weighted by Crippen LogP contribution is -1.93. The molecule has 7 rings (SSSR count). The molecule has 2 N–H and O–H groups in total. The Morgan fingerprint density at radius 2 is 0.658 bits per heavy atom. The van der Waals surface area contributed by atoms with Gasteiger partial charge < -0.3 is 10.3 Å². The average molecular weight is 487 g/mol. The Hall–Kier alpha value is -5.08. The average Bonchev–Trinajstić information content (AvgIpc) is 3.32. The van der Waals surface area contributed by atoms with Crippen molar-refractivity contribution in [1.82, 2.24) is 4.57 Å². The Bertz CT molecular complexity index is 1820. The predicted molar refractivity (Wildman–Crippen MR) is 162 cm³/mol. The van der Waals surface area contributed by atoms with Gasteiger partial charge in [0.1, 0.15) is 0 Å². The molecule has 0 radical (unpaired) electrons. The molecule has 6 aromatic carbocycles. The second-order valence-corrected chi connectivity index (χ2v) is 9.69. The van der Waals surface area contributed by atoms with E-state index >= 15 is 0 Å². The van der Waals surface area contributed by atoms with E-state index in [-0.39, 0.29) is 0 Å². The first-order valence-corrected chi connectivity index (χ1v) is 12.9. The van der Waals surface area contributed by atoms with E-state index in [1.54, 1.807) is 0 Å². The summed E-state index contributed by atoms with van der Waals surface area (Å²) in [5.41, 5.74) is 17.4. The summed E-state index contributed by atoms with van der Waals surface area (Å²) in [6, 6.07) is 51.7. The minimum Gasteiger partial charge on any atom is -0.399 e. The van der Waals surface area contributed by atoms with Crippen LogP contribution in [-0.4, -0.2) is 4.57 Å². The van der Waals surface area contributed by atoms with Gasteiger partial charge in [-0.15, -0.1) is 0 Å². The Morgan fingerprint density at radius 3 is 1.05 bits per heavy atom. The second kappa shape index (κ2) is 9.10. The summed E-state index contributed by atoms with van der Waals surface area (Å²) in [6.07, 6.45) is 0. The number of benzene rings is 6. The van der Waals surface area contributed by atoms with Crippen molar-refractivity contribution in [3.63, 3.8) is 0 Å². The number of hydrogen-bond donors (Lipinski definition) is 1. The lowest BCUT2D eigenvalue weighted by Gasteiger charge is -2.10. The third-order valence-electron chi connectivity index (χ3n) is 7.39. The smallest absolute Gasteiger partial charge is 0.0541 e. The number of nitrogen functional groups attached to an aromatic ring is 1. The Balaban J connectivity index is 1.16. The van der Waals surface area contributed by atoms with Crippen LogP contribution in [-0.2, 0) is 0 Å². The van der Waals surface area contributed by atoms with Gasteiger partial charge in [-0.2, -0.15) is 0 Å². The molecule has 0 amide bonds. The Kier molecular flexibility index (Phi) is 5.30. The van der Waals surface area contributed by atoms with Crippen molar-refractivity contribution in [2.75, 3.05) is 5.73 Å². The zero-order valence-electron chi connectivity index (χ0n) is 20.9. The molecular weight excluding hydrogens is 460 g/mol. The molecule has 0 unspecified atom stereocenters. The third-order valence-corrected chi connectivity index (χ3v) is 7.39. The van der Waals surface area contributed by atoms with Crippen molar-refractivity contribution in [2.45, 2.75) is 0 Å². The lowest BCUT2D eigenvalue weighted by molar-refractivity contribution is 1.18. The summed E-state index contributed by atoms with van der Waals surface area (Å²) >= 11 is 0. The van der Waals surface area contributed by atoms with Crippen LogP contribution >= 0.6 is 0 Å². The van der Waals surface area contributed by atoms with Gasteiger partial charge in [-0.1, -0.05) is 109 Å². The molecule has 0 fully saturated rings. The summed E-state index contributed by atoms with van der Waals surface area (Å²) in [7, 11) is 0. The van der Waals surface area contributed by atoms with Gasteiger partial charge in [0.2, 0.25) is 0 Å². The summed E-state index contributed by atoms with van der Waals surface area (Å²) in [6.45, 7) is 0. The number of aromatic nitrogens is 1. The van der Waals surface area contributed by atoms with Gasteiger partial charge in [-0.3, -0.25) is 0 Å². The minimum atomic E-state index is 0.784. The molecule has 0 bridgehead atoms. The van der Waals surface area contributed by atoms with Crippen LogP contribution in [0, 0.1) is 0 Å². The first kappa shape index (κ1) is 22.1. The third kappa shape index (κ3) is 3.84. The van der Waals surface area contributed by atoms with E-state index in [0.717, 1.165) is 5.69 Å². The molecule has 38 heavy (non-hydrogen) atoms. The molecule has 0 aliphatic heterocycles. The van der Waals surface area contributed by atoms with E-state index in [1.807, 2.05) is 12.1 Å². The first-order chi connectivity index (χ1) is 18.7. The number of hydrogen-bond acceptors (Lipinski definition) is 1. The van der Waals surface area contributed by atoms with Crippen molar-refractivity contribution in [3.05, 3.63) is 146 Å². The highest BCUT2D eigenvalue weighted by Gasteiger charge is 2.11. The van der Waals surface area contributed by atoms with E-state index in [2.05, 4.69) is 138 Å². The summed E-state index contributed by atoms with van der Waals surface area (Å²) in [5.74, 6) is 0. The van der Waals surface area contributed by atoms with Crippen LogP contribution in [0.4, 0.5) is 5.69 Å². The Labute approximate surface area is 222 Å². The molecule has 0 saturated heterocycles. The maximum Gasteiger partial charge on any atom is 0.0541 e. The van der Waals surface area contributed by atoms with Gasteiger partial charge in [0.25, 0.3) is 0 Å². The zero-order chi connectivity index (χ0) is 25.5. The second-order valence-electron chi connectivity index (χ2n) is 9.69. The molecule has 1 aromatic heterocycles. The number of rotatable bonds is 4. The van der Waals surface area contributed by atoms with Crippen molar-refractivity contribution in [2.24, 2.45) is 0 Å². The van der Waals surface area contributed by atoms with Crippen molar-refractivity contribution < 1.29 is 0 Å². The van der Waals surface area contributed by atoms with E-state index in [4.69, 9.17) is 5.73 Å². The molecule has 1 heterocycles. The molecule has 2 nitrogen and oxygen atoms in total. The minimum absolute atomic E-state index is 0.784. The van der Waals surface area contributed by atoms with Crippen LogP contribution in [0.3, 0.4) is 0 Å². The highest BCUT2D eigenvalue weighted by Crippen LogP contribution is 2.33. The SMILES string of the molecule is Nc1ccc(-c2ccc(-c3ccc(-c4ccc(-n5c6ccccc6c6ccccc65)cc4)cc3)cc2)cc1. The summed E-state index contributed by atoms with van der Waals surface area (Å²) < 4.78 is 2.35. The van der Waals surface area contributed by atoms with Gasteiger partial charge in [0.05, 0.1) is 11.0 Å². The van der Waals surface area contributed by atoms with Crippen LogP contribution in [0.25, 0.3) is 60.9 Å². The van der Waals surface area contributed by atoms with Gasteiger partial charge in [-0.05, 0) is 69.8 Å². The van der Waals surface area contributed by atoms with Crippen LogP contribution < -0.4 is 5.73 Å². The normalized spacial score (nSPS) is 11.3. The monoisotopic (exact) mass is 486 g/mol. The maximum absolute atomic E-state index is 5.83. The topological polar surface area (TPSA) is 30.9 Å². The number of nitrogens with zero attached hydrogens (tertiary/aromatic N) is 1. The molecule has 0 aliphatic carbocycles. The first-order valence-electron chi connectivity index (χ1n) is 12.9. The maximum atomic E-state index is 5.83. The molecule has 0 aliphatic rings. The molecule has 180 valence electrons. The molecule has 0 atom stereocenters. The highest BCUT2D eigenvalue weighted by molar-refractivity contribution is 6.09. The molecule has 0 saturated carbocycles. The number of anilines is 1. The predicted octanol–water partition coefficient (Wildman–Crippen LogP) is 9.37. The molecule has 0 spiro atoms. The quantitative estimate of drug-likeness (QED) is 0.247. The summed E-state index contributed by atoms with van der Waals surface area (Å²) in [4.78, 5) is 0. The van der Waals surface area contributed by atoms with Crippen LogP contribution in [0.15, 0.2) is 146 Å². The van der Waals surface area contributed by atoms with E-state index in [9.17, 15) is 0 Å². The van der Waals surface area contributed by atoms with Crippen LogP contribution in [0.1, 0.15) is 0 Å². The largest absolute Gasteiger partial charge is 0.399 e. The van der Waals surface area contributed by atoms with Crippen LogP contribution in [0.5, 0.6) is 0 Å². The standard InChI is InChI=1S/C36H26N2/c37-31-21-17-29(18-22-31)27-13-9-25(10-14-27)26-11-15-28(16-12-26)30-19-23-32(24-20-30)38-35-7-3-1-5-33(35)34-6-2-4-8-36(34)38/h1-24H,37H2. The van der Waals surface area contributed by atoms with E-state index in [0.29, 0.717) is 0 Å². The molecular formula is C36H26N2. The van der Waals surface area contributed by atoms with Gasteiger partial charge in [0.15, 0.2) is 0 Å². The Morgan fingerprint density at radius 1 is 0.342 bits per heavy atom. The van der Waals surface area contributed by atoms with Crippen molar-refractivity contribution >= 4 is 27.5 Å². The zero-order valence-corrected chi connectivity index (χ0v) is 20.9. The highest BCUT2D eigenvalue weighted by atomic mass is 15.0. The summed E-state index contributed by atoms with van der Waals surface area (Å²) in [5, 5.41) is 2.56. The van der Waals surface area contributed by atoms with Crippen molar-refractivity contribution in [1.29, 1.82) is 0 Å². The fourth-order valence-corrected chi connectivity index (χ4v) is 5.39. The van der Waals surface area contributed by atoms with Crippen molar-refractivity contribution in [3.8, 4) is 39.1 Å². The fourth-order valence-electron chi connectivity index (χ4n) is 5.39. The van der Waals surface area contributed by atoms with E-state index in [1.165, 1.54) is 60.9 Å². The van der Waals surface area contributed by atoms with Gasteiger partial charge in [-0.25, -0.2) is 0 Å². The van der Waals surface area contributed by atoms with Gasteiger partial charge in [0, 0.05) is 22.1 Å². The number of para-hydroxylation sites is 2. The van der Waals surface area contributed by atoms with Gasteiger partial charge >= 0.3 is 0 Å². The molecule has 2 heteroatoms. The lowest BCUT2D eigenvalue weighted by atomic mass is 9.98. The number of fused-ring (bicyclic) bond motifs is 3. The number of nitrogens with two attached hydrogens (primary N) is 1. The fraction of sp³-hybridized carbons (Fsp3) is 0.